The molecule has 1 rings (SSSR count). The van der Waals surface area contributed by atoms with E-state index in [0.717, 1.165) is 5.56 Å². The van der Waals surface area contributed by atoms with Crippen molar-refractivity contribution >= 4 is 17.6 Å². The van der Waals surface area contributed by atoms with Gasteiger partial charge in [0.05, 0.1) is 5.56 Å². The summed E-state index contributed by atoms with van der Waals surface area (Å²) >= 11 is 0. The molecule has 4 N–H and O–H groups in total. The number of nitrogens with two attached hydrogens (primary N) is 1. The predicted molar refractivity (Wildman–Crippen MR) is 73.9 cm³/mol. The van der Waals surface area contributed by atoms with E-state index in [9.17, 15) is 9.59 Å². The van der Waals surface area contributed by atoms with E-state index in [-0.39, 0.29) is 5.92 Å². The van der Waals surface area contributed by atoms with Gasteiger partial charge in [-0.1, -0.05) is 25.5 Å². The van der Waals surface area contributed by atoms with Gasteiger partial charge in [-0.05, 0) is 31.4 Å². The number of hydrogen-bond donors (Lipinski definition) is 3. The van der Waals surface area contributed by atoms with E-state index in [1.165, 1.54) is 0 Å². The lowest BCUT2D eigenvalue weighted by Crippen LogP contribution is -2.41. The maximum Gasteiger partial charge on any atom is 0.326 e. The second kappa shape index (κ2) is 6.22. The Kier molecular flexibility index (Phi) is 4.92. The van der Waals surface area contributed by atoms with Crippen molar-refractivity contribution in [2.24, 2.45) is 5.92 Å². The molecule has 0 radical (unpaired) electrons. The average molecular weight is 264 g/mol. The summed E-state index contributed by atoms with van der Waals surface area (Å²) in [5, 5.41) is 11.6. The summed E-state index contributed by atoms with van der Waals surface area (Å²) in [7, 11) is 0. The number of aliphatic carboxylic acids is 1. The first kappa shape index (κ1) is 15.0. The van der Waals surface area contributed by atoms with Crippen LogP contribution in [0.15, 0.2) is 18.2 Å². The molecule has 1 amide bonds. The van der Waals surface area contributed by atoms with Gasteiger partial charge in [0.25, 0.3) is 5.91 Å². The van der Waals surface area contributed by atoms with Crippen LogP contribution < -0.4 is 11.1 Å². The van der Waals surface area contributed by atoms with Gasteiger partial charge in [0.1, 0.15) is 6.04 Å². The molecule has 104 valence electrons. The highest BCUT2D eigenvalue weighted by Gasteiger charge is 2.22. The molecule has 0 aromatic heterocycles. The SMILES string of the molecule is Cc1ccc(N)c(C(=O)NC(CC(C)C)C(=O)O)c1. The predicted octanol–water partition coefficient (Wildman–Crippen LogP) is 1.81. The van der Waals surface area contributed by atoms with Gasteiger partial charge in [-0.25, -0.2) is 4.79 Å². The Balaban J connectivity index is 2.87. The van der Waals surface area contributed by atoms with Crippen LogP contribution in [0.5, 0.6) is 0 Å². The highest BCUT2D eigenvalue weighted by Crippen LogP contribution is 2.14. The summed E-state index contributed by atoms with van der Waals surface area (Å²) in [5.41, 5.74) is 7.29. The van der Waals surface area contributed by atoms with Crippen LogP contribution in [-0.2, 0) is 4.79 Å². The fourth-order valence-corrected chi connectivity index (χ4v) is 1.80. The van der Waals surface area contributed by atoms with Gasteiger partial charge in [-0.15, -0.1) is 0 Å². The molecule has 0 aliphatic carbocycles. The van der Waals surface area contributed by atoms with E-state index in [0.29, 0.717) is 17.7 Å². The van der Waals surface area contributed by atoms with Crippen LogP contribution in [0.25, 0.3) is 0 Å². The molecule has 19 heavy (non-hydrogen) atoms. The Bertz CT molecular complexity index is 484. The lowest BCUT2D eigenvalue weighted by Gasteiger charge is -2.17. The number of nitrogens with one attached hydrogen (secondary N) is 1. The first-order chi connectivity index (χ1) is 8.81. The third kappa shape index (κ3) is 4.28. The van der Waals surface area contributed by atoms with E-state index < -0.39 is 17.9 Å². The van der Waals surface area contributed by atoms with Crippen molar-refractivity contribution in [2.75, 3.05) is 5.73 Å². The Morgan fingerprint density at radius 1 is 1.37 bits per heavy atom. The number of nitrogen functional groups attached to an aromatic ring is 1. The second-order valence-electron chi connectivity index (χ2n) is 5.08. The molecule has 0 aliphatic rings. The van der Waals surface area contributed by atoms with E-state index in [1.54, 1.807) is 18.2 Å². The number of carbonyl (C=O) groups excluding carboxylic acids is 1. The van der Waals surface area contributed by atoms with Gasteiger partial charge in [-0.3, -0.25) is 4.79 Å². The standard InChI is InChI=1S/C14H20N2O3/c1-8(2)6-12(14(18)19)16-13(17)10-7-9(3)4-5-11(10)15/h4-5,7-8,12H,6,15H2,1-3H3,(H,16,17)(H,18,19). The van der Waals surface area contributed by atoms with Crippen LogP contribution in [0.1, 0.15) is 36.2 Å². The summed E-state index contributed by atoms with van der Waals surface area (Å²) in [5.74, 6) is -1.31. The van der Waals surface area contributed by atoms with Crippen molar-refractivity contribution < 1.29 is 14.7 Å². The number of rotatable bonds is 5. The first-order valence-electron chi connectivity index (χ1n) is 6.21. The third-order valence-corrected chi connectivity index (χ3v) is 2.76. The van der Waals surface area contributed by atoms with Crippen LogP contribution in [0, 0.1) is 12.8 Å². The average Bonchev–Trinajstić information content (AvgIpc) is 2.30. The second-order valence-corrected chi connectivity index (χ2v) is 5.08. The number of benzene rings is 1. The highest BCUT2D eigenvalue weighted by atomic mass is 16.4. The van der Waals surface area contributed by atoms with Gasteiger partial charge >= 0.3 is 5.97 Å². The molecule has 0 bridgehead atoms. The molecule has 1 atom stereocenters. The fourth-order valence-electron chi connectivity index (χ4n) is 1.80. The molecule has 0 heterocycles. The minimum atomic E-state index is -1.03. The quantitative estimate of drug-likeness (QED) is 0.707. The summed E-state index contributed by atoms with van der Waals surface area (Å²) in [6, 6.07) is 4.20. The van der Waals surface area contributed by atoms with Crippen molar-refractivity contribution in [2.45, 2.75) is 33.2 Å². The smallest absolute Gasteiger partial charge is 0.326 e. The Morgan fingerprint density at radius 3 is 2.53 bits per heavy atom. The summed E-state index contributed by atoms with van der Waals surface area (Å²) in [6.45, 7) is 5.66. The number of amides is 1. The molecule has 1 aromatic rings. The Morgan fingerprint density at radius 2 is 2.00 bits per heavy atom. The van der Waals surface area contributed by atoms with Crippen LogP contribution >= 0.6 is 0 Å². The van der Waals surface area contributed by atoms with Crippen LogP contribution in [0.3, 0.4) is 0 Å². The normalized spacial score (nSPS) is 12.2. The molecule has 0 saturated heterocycles. The van der Waals surface area contributed by atoms with Gasteiger partial charge in [0, 0.05) is 5.69 Å². The van der Waals surface area contributed by atoms with E-state index >= 15 is 0 Å². The molecular formula is C14H20N2O3. The van der Waals surface area contributed by atoms with Crippen molar-refractivity contribution in [1.82, 2.24) is 5.32 Å². The lowest BCUT2D eigenvalue weighted by molar-refractivity contribution is -0.139. The van der Waals surface area contributed by atoms with Gasteiger partial charge < -0.3 is 16.2 Å². The molecular weight excluding hydrogens is 244 g/mol. The zero-order valence-corrected chi connectivity index (χ0v) is 11.4. The van der Waals surface area contributed by atoms with Gasteiger partial charge in [0.2, 0.25) is 0 Å². The zero-order chi connectivity index (χ0) is 14.6. The van der Waals surface area contributed by atoms with Crippen LogP contribution in [-0.4, -0.2) is 23.0 Å². The molecule has 1 aromatic carbocycles. The summed E-state index contributed by atoms with van der Waals surface area (Å²) < 4.78 is 0. The number of hydrogen-bond acceptors (Lipinski definition) is 3. The fraction of sp³-hybridized carbons (Fsp3) is 0.429. The zero-order valence-electron chi connectivity index (χ0n) is 11.4. The van der Waals surface area contributed by atoms with E-state index in [1.807, 2.05) is 20.8 Å². The molecule has 0 saturated carbocycles. The van der Waals surface area contributed by atoms with Crippen LogP contribution in [0.4, 0.5) is 5.69 Å². The summed E-state index contributed by atoms with van der Waals surface area (Å²) in [6.07, 6.45) is 0.382. The maximum atomic E-state index is 12.1. The van der Waals surface area contributed by atoms with Crippen molar-refractivity contribution in [3.8, 4) is 0 Å². The topological polar surface area (TPSA) is 92.4 Å². The number of carboxylic acid groups (broad SMARTS) is 1. The van der Waals surface area contributed by atoms with Gasteiger partial charge in [0.15, 0.2) is 0 Å². The molecule has 5 nitrogen and oxygen atoms in total. The lowest BCUT2D eigenvalue weighted by atomic mass is 10.0. The third-order valence-electron chi connectivity index (χ3n) is 2.76. The number of aryl methyl sites for hydroxylation is 1. The number of carbonyl (C=O) groups is 2. The van der Waals surface area contributed by atoms with Gasteiger partial charge in [-0.2, -0.15) is 0 Å². The molecule has 5 heteroatoms. The molecule has 1 unspecified atom stereocenters. The Hall–Kier alpha value is -2.04. The Labute approximate surface area is 112 Å². The maximum absolute atomic E-state index is 12.1. The number of carboxylic acids is 1. The molecule has 0 aliphatic heterocycles. The largest absolute Gasteiger partial charge is 0.480 e. The number of anilines is 1. The minimum Gasteiger partial charge on any atom is -0.480 e. The minimum absolute atomic E-state index is 0.177. The van der Waals surface area contributed by atoms with Crippen molar-refractivity contribution in [1.29, 1.82) is 0 Å². The van der Waals surface area contributed by atoms with Crippen molar-refractivity contribution in [3.05, 3.63) is 29.3 Å². The van der Waals surface area contributed by atoms with E-state index in [4.69, 9.17) is 10.8 Å². The first-order valence-corrected chi connectivity index (χ1v) is 6.21. The molecule has 0 fully saturated rings. The highest BCUT2D eigenvalue weighted by molar-refractivity contribution is 6.01. The van der Waals surface area contributed by atoms with Crippen LogP contribution in [0.2, 0.25) is 0 Å². The van der Waals surface area contributed by atoms with E-state index in [2.05, 4.69) is 5.32 Å². The molecule has 0 spiro atoms. The summed E-state index contributed by atoms with van der Waals surface area (Å²) in [4.78, 5) is 23.2. The monoisotopic (exact) mass is 264 g/mol. The van der Waals surface area contributed by atoms with Crippen molar-refractivity contribution in [3.63, 3.8) is 0 Å².